The Morgan fingerprint density at radius 2 is 1.88 bits per heavy atom. The topological polar surface area (TPSA) is 55.4 Å². The molecule has 134 valence electrons. The lowest BCUT2D eigenvalue weighted by atomic mass is 9.84. The molecule has 3 rings (SSSR count). The Hall–Kier alpha value is -1.62. The second kappa shape index (κ2) is 8.17. The third kappa shape index (κ3) is 4.51. The summed E-state index contributed by atoms with van der Waals surface area (Å²) >= 11 is 3.42. The average molecular weight is 406 g/mol. The quantitative estimate of drug-likeness (QED) is 0.752. The second-order valence-corrected chi connectivity index (χ2v) is 7.91. The van der Waals surface area contributed by atoms with Gasteiger partial charge in [0.15, 0.2) is 0 Å². The molecule has 1 aromatic rings. The summed E-state index contributed by atoms with van der Waals surface area (Å²) in [6, 6.07) is 7.77. The van der Waals surface area contributed by atoms with Gasteiger partial charge in [0.1, 0.15) is 0 Å². The summed E-state index contributed by atoms with van der Waals surface area (Å²) in [6.45, 7) is 2.26. The van der Waals surface area contributed by atoms with E-state index in [1.807, 2.05) is 24.3 Å². The summed E-state index contributed by atoms with van der Waals surface area (Å²) < 4.78 is 6.62. The summed E-state index contributed by atoms with van der Waals surface area (Å²) in [7, 11) is 0. The Morgan fingerprint density at radius 3 is 2.56 bits per heavy atom. The van der Waals surface area contributed by atoms with Crippen molar-refractivity contribution >= 4 is 27.8 Å². The lowest BCUT2D eigenvalue weighted by Crippen LogP contribution is -2.34. The summed E-state index contributed by atoms with van der Waals surface area (Å²) in [5.74, 6) is -0.131. The van der Waals surface area contributed by atoms with Crippen LogP contribution in [-0.2, 0) is 14.3 Å². The van der Waals surface area contributed by atoms with Gasteiger partial charge in [-0.15, -0.1) is 0 Å². The zero-order valence-corrected chi connectivity index (χ0v) is 16.1. The lowest BCUT2D eigenvalue weighted by molar-refractivity contribution is -0.141. The normalized spacial score (nSPS) is 21.8. The Bertz CT molecular complexity index is 675. The van der Waals surface area contributed by atoms with E-state index in [2.05, 4.69) is 21.2 Å². The van der Waals surface area contributed by atoms with Gasteiger partial charge in [-0.3, -0.25) is 4.79 Å². The Balaban J connectivity index is 1.76. The van der Waals surface area contributed by atoms with Crippen molar-refractivity contribution in [3.8, 4) is 0 Å². The fraction of sp³-hybridized carbons (Fsp3) is 0.500. The molecule has 2 aliphatic rings. The van der Waals surface area contributed by atoms with Gasteiger partial charge in [-0.05, 0) is 43.4 Å². The van der Waals surface area contributed by atoms with Crippen molar-refractivity contribution in [1.29, 1.82) is 0 Å². The number of halogens is 1. The number of rotatable bonds is 4. The number of nitrogens with one attached hydrogen (secondary N) is 1. The molecule has 0 spiro atoms. The van der Waals surface area contributed by atoms with Crippen LogP contribution >= 0.6 is 15.9 Å². The van der Waals surface area contributed by atoms with Gasteiger partial charge in [0.25, 0.3) is 0 Å². The van der Waals surface area contributed by atoms with Gasteiger partial charge in [-0.25, -0.2) is 4.79 Å². The van der Waals surface area contributed by atoms with Crippen molar-refractivity contribution in [3.05, 3.63) is 45.6 Å². The molecule has 1 amide bonds. The monoisotopic (exact) mass is 405 g/mol. The molecule has 25 heavy (non-hydrogen) atoms. The Labute approximate surface area is 157 Å². The molecule has 1 aliphatic heterocycles. The van der Waals surface area contributed by atoms with Crippen molar-refractivity contribution in [2.75, 3.05) is 6.61 Å². The smallest absolute Gasteiger partial charge is 0.336 e. The molecule has 0 saturated heterocycles. The van der Waals surface area contributed by atoms with Crippen molar-refractivity contribution in [2.45, 2.75) is 51.4 Å². The number of hydrogen-bond acceptors (Lipinski definition) is 3. The van der Waals surface area contributed by atoms with Crippen LogP contribution < -0.4 is 5.32 Å². The van der Waals surface area contributed by atoms with E-state index in [9.17, 15) is 9.59 Å². The molecule has 1 fully saturated rings. The Morgan fingerprint density at radius 1 is 1.20 bits per heavy atom. The highest BCUT2D eigenvalue weighted by Crippen LogP contribution is 2.34. The number of amides is 1. The van der Waals surface area contributed by atoms with Crippen LogP contribution in [0.1, 0.15) is 56.9 Å². The van der Waals surface area contributed by atoms with Crippen LogP contribution in [0.2, 0.25) is 0 Å². The molecule has 4 nitrogen and oxygen atoms in total. The van der Waals surface area contributed by atoms with E-state index in [0.29, 0.717) is 23.8 Å². The maximum absolute atomic E-state index is 12.8. The van der Waals surface area contributed by atoms with Gasteiger partial charge in [0.05, 0.1) is 12.2 Å². The molecule has 1 aliphatic carbocycles. The van der Waals surface area contributed by atoms with E-state index in [4.69, 9.17) is 4.74 Å². The first kappa shape index (κ1) is 18.2. The number of esters is 1. The van der Waals surface area contributed by atoms with Gasteiger partial charge in [0, 0.05) is 22.5 Å². The largest absolute Gasteiger partial charge is 0.462 e. The van der Waals surface area contributed by atoms with Gasteiger partial charge < -0.3 is 10.1 Å². The summed E-state index contributed by atoms with van der Waals surface area (Å²) in [4.78, 5) is 24.8. The number of allylic oxidation sites excluding steroid dienone is 1. The minimum Gasteiger partial charge on any atom is -0.462 e. The summed E-state index contributed by atoms with van der Waals surface area (Å²) in [5, 5.41) is 2.79. The fourth-order valence-corrected chi connectivity index (χ4v) is 4.04. The highest BCUT2D eigenvalue weighted by molar-refractivity contribution is 9.10. The molecule has 0 radical (unpaired) electrons. The maximum atomic E-state index is 12.8. The highest BCUT2D eigenvalue weighted by Gasteiger charge is 2.33. The highest BCUT2D eigenvalue weighted by atomic mass is 79.9. The predicted octanol–water partition coefficient (Wildman–Crippen LogP) is 4.45. The van der Waals surface area contributed by atoms with Crippen molar-refractivity contribution < 1.29 is 14.3 Å². The molecule has 1 atom stereocenters. The standard InChI is InChI=1S/C20H24BrNO3/c1-13-19(20(24)25-12-14-5-3-2-4-6-14)17(11-18(23)22-13)15-7-9-16(21)10-8-15/h7-10,14,17H,2-6,11-12H2,1H3,(H,22,23)/t17-/m1/s1. The van der Waals surface area contributed by atoms with E-state index in [0.717, 1.165) is 22.9 Å². The number of hydrogen-bond donors (Lipinski definition) is 1. The van der Waals surface area contributed by atoms with E-state index in [1.54, 1.807) is 6.92 Å². The van der Waals surface area contributed by atoms with Crippen LogP contribution in [0.25, 0.3) is 0 Å². The third-order valence-electron chi connectivity index (χ3n) is 5.14. The molecular formula is C20H24BrNO3. The van der Waals surface area contributed by atoms with Crippen molar-refractivity contribution in [3.63, 3.8) is 0 Å². The molecule has 1 aromatic carbocycles. The van der Waals surface area contributed by atoms with Gasteiger partial charge in [-0.1, -0.05) is 47.3 Å². The zero-order chi connectivity index (χ0) is 17.8. The van der Waals surface area contributed by atoms with Crippen LogP contribution in [0, 0.1) is 5.92 Å². The fourth-order valence-electron chi connectivity index (χ4n) is 3.78. The molecule has 5 heteroatoms. The van der Waals surface area contributed by atoms with Gasteiger partial charge in [0.2, 0.25) is 5.91 Å². The first-order valence-electron chi connectivity index (χ1n) is 8.98. The molecule has 0 bridgehead atoms. The minimum atomic E-state index is -0.295. The second-order valence-electron chi connectivity index (χ2n) is 7.00. The molecule has 0 unspecified atom stereocenters. The Kier molecular flexibility index (Phi) is 5.94. The van der Waals surface area contributed by atoms with E-state index in [1.165, 1.54) is 19.3 Å². The SMILES string of the molecule is CC1=C(C(=O)OCC2CCCCC2)[C@@H](c2ccc(Br)cc2)CC(=O)N1. The van der Waals surface area contributed by atoms with Crippen LogP contribution in [-0.4, -0.2) is 18.5 Å². The third-order valence-corrected chi connectivity index (χ3v) is 5.66. The molecule has 1 saturated carbocycles. The molecule has 1 N–H and O–H groups in total. The van der Waals surface area contributed by atoms with Crippen LogP contribution in [0.5, 0.6) is 0 Å². The molecular weight excluding hydrogens is 382 g/mol. The molecule has 0 aromatic heterocycles. The minimum absolute atomic E-state index is 0.0609. The zero-order valence-electron chi connectivity index (χ0n) is 14.5. The molecule has 1 heterocycles. The van der Waals surface area contributed by atoms with Gasteiger partial charge in [-0.2, -0.15) is 0 Å². The first-order valence-corrected chi connectivity index (χ1v) is 9.77. The van der Waals surface area contributed by atoms with E-state index >= 15 is 0 Å². The lowest BCUT2D eigenvalue weighted by Gasteiger charge is -2.27. The predicted molar refractivity (Wildman–Crippen MR) is 99.9 cm³/mol. The summed E-state index contributed by atoms with van der Waals surface area (Å²) in [6.07, 6.45) is 6.28. The van der Waals surface area contributed by atoms with Gasteiger partial charge >= 0.3 is 5.97 Å². The number of carbonyl (C=O) groups excluding carboxylic acids is 2. The van der Waals surface area contributed by atoms with Crippen molar-refractivity contribution in [1.82, 2.24) is 5.32 Å². The van der Waals surface area contributed by atoms with E-state index in [-0.39, 0.29) is 24.2 Å². The van der Waals surface area contributed by atoms with Crippen LogP contribution in [0.15, 0.2) is 40.0 Å². The number of ether oxygens (including phenoxy) is 1. The number of carbonyl (C=O) groups is 2. The van der Waals surface area contributed by atoms with Crippen LogP contribution in [0.3, 0.4) is 0 Å². The first-order chi connectivity index (χ1) is 12.0. The van der Waals surface area contributed by atoms with Crippen LogP contribution in [0.4, 0.5) is 0 Å². The summed E-state index contributed by atoms with van der Waals surface area (Å²) in [5.41, 5.74) is 2.15. The average Bonchev–Trinajstić information content (AvgIpc) is 2.60. The van der Waals surface area contributed by atoms with E-state index < -0.39 is 0 Å². The number of benzene rings is 1. The van der Waals surface area contributed by atoms with Crippen molar-refractivity contribution in [2.24, 2.45) is 5.92 Å². The maximum Gasteiger partial charge on any atom is 0.336 e.